The molecule has 3 aliphatic carbocycles. The van der Waals surface area contributed by atoms with Gasteiger partial charge in [-0.25, -0.2) is 0 Å². The molecule has 3 rings (SSSR count). The lowest BCUT2D eigenvalue weighted by Crippen LogP contribution is -2.56. The van der Waals surface area contributed by atoms with Crippen molar-refractivity contribution in [2.45, 2.75) is 70.7 Å². The molecule has 2 bridgehead atoms. The van der Waals surface area contributed by atoms with E-state index in [9.17, 15) is 20.1 Å². The third-order valence-electron chi connectivity index (χ3n) is 6.68. The second kappa shape index (κ2) is 6.08. The van der Waals surface area contributed by atoms with Gasteiger partial charge in [-0.15, -0.1) is 0 Å². The lowest BCUT2D eigenvalue weighted by atomic mass is 9.59. The summed E-state index contributed by atoms with van der Waals surface area (Å²) in [5, 5.41) is 33.0. The number of fused-ring (bicyclic) bond motifs is 4. The zero-order chi connectivity index (χ0) is 17.7. The number of aliphatic hydroxyl groups is 3. The Morgan fingerprint density at radius 3 is 2.58 bits per heavy atom. The summed E-state index contributed by atoms with van der Waals surface area (Å²) in [6.45, 7) is 5.98. The highest BCUT2D eigenvalue weighted by Crippen LogP contribution is 2.56. The van der Waals surface area contributed by atoms with E-state index in [1.807, 2.05) is 32.9 Å². The summed E-state index contributed by atoms with van der Waals surface area (Å²) in [6.07, 6.45) is 6.65. The summed E-state index contributed by atoms with van der Waals surface area (Å²) < 4.78 is 0. The number of carbonyl (C=O) groups is 1. The van der Waals surface area contributed by atoms with Crippen LogP contribution in [0.2, 0.25) is 0 Å². The molecular weight excluding hydrogens is 304 g/mol. The SMILES string of the molecule is CC(C)=C[C@@H]1C=C(C=O)[C@H]2CC[C@@]3(C)C[C@](O)(CC[C@H]3O)[C@@H]2[C@H]1O. The number of hydrogen-bond donors (Lipinski definition) is 3. The van der Waals surface area contributed by atoms with Crippen LogP contribution in [0.4, 0.5) is 0 Å². The molecule has 0 aliphatic heterocycles. The fourth-order valence-corrected chi connectivity index (χ4v) is 5.49. The van der Waals surface area contributed by atoms with Crippen molar-refractivity contribution in [1.82, 2.24) is 0 Å². The van der Waals surface area contributed by atoms with Crippen LogP contribution in [0.15, 0.2) is 23.3 Å². The molecular formula is C20H30O4. The van der Waals surface area contributed by atoms with Gasteiger partial charge in [0.15, 0.2) is 0 Å². The molecule has 0 heterocycles. The lowest BCUT2D eigenvalue weighted by Gasteiger charge is -2.51. The zero-order valence-corrected chi connectivity index (χ0v) is 14.9. The molecule has 2 saturated carbocycles. The summed E-state index contributed by atoms with van der Waals surface area (Å²) in [6, 6.07) is 0. The third kappa shape index (κ3) is 2.79. The largest absolute Gasteiger partial charge is 0.393 e. The van der Waals surface area contributed by atoms with Crippen molar-refractivity contribution in [1.29, 1.82) is 0 Å². The van der Waals surface area contributed by atoms with Gasteiger partial charge in [0.2, 0.25) is 0 Å². The molecule has 0 aromatic rings. The molecule has 0 aromatic heterocycles. The minimum absolute atomic E-state index is 0.128. The van der Waals surface area contributed by atoms with Gasteiger partial charge >= 0.3 is 0 Å². The Labute approximate surface area is 144 Å². The Kier molecular flexibility index (Phi) is 4.52. The molecule has 134 valence electrons. The predicted molar refractivity (Wildman–Crippen MR) is 92.2 cm³/mol. The van der Waals surface area contributed by atoms with Gasteiger partial charge in [0, 0.05) is 11.8 Å². The highest BCUT2D eigenvalue weighted by Gasteiger charge is 2.58. The lowest BCUT2D eigenvalue weighted by molar-refractivity contribution is -0.155. The minimum Gasteiger partial charge on any atom is -0.393 e. The van der Waals surface area contributed by atoms with Gasteiger partial charge < -0.3 is 15.3 Å². The second-order valence-corrected chi connectivity index (χ2v) is 8.76. The first-order valence-corrected chi connectivity index (χ1v) is 9.11. The van der Waals surface area contributed by atoms with Crippen LogP contribution in [-0.4, -0.2) is 39.4 Å². The van der Waals surface area contributed by atoms with Crippen LogP contribution in [0.1, 0.15) is 52.9 Å². The second-order valence-electron chi connectivity index (χ2n) is 8.76. The molecule has 3 aliphatic rings. The van der Waals surface area contributed by atoms with Gasteiger partial charge in [0.05, 0.1) is 17.8 Å². The molecule has 0 aromatic carbocycles. The van der Waals surface area contributed by atoms with Crippen LogP contribution >= 0.6 is 0 Å². The fourth-order valence-electron chi connectivity index (χ4n) is 5.49. The van der Waals surface area contributed by atoms with Crippen molar-refractivity contribution in [3.63, 3.8) is 0 Å². The number of allylic oxidation sites excluding steroid dienone is 2. The number of carbonyl (C=O) groups excluding carboxylic acids is 1. The van der Waals surface area contributed by atoms with E-state index in [-0.39, 0.29) is 23.2 Å². The average molecular weight is 334 g/mol. The first-order chi connectivity index (χ1) is 11.2. The van der Waals surface area contributed by atoms with E-state index in [4.69, 9.17) is 0 Å². The summed E-state index contributed by atoms with van der Waals surface area (Å²) >= 11 is 0. The smallest absolute Gasteiger partial charge is 0.146 e. The number of hydrogen-bond acceptors (Lipinski definition) is 4. The highest BCUT2D eigenvalue weighted by atomic mass is 16.3. The van der Waals surface area contributed by atoms with E-state index in [0.29, 0.717) is 24.8 Å². The van der Waals surface area contributed by atoms with Crippen molar-refractivity contribution >= 4 is 6.29 Å². The van der Waals surface area contributed by atoms with Gasteiger partial charge in [-0.1, -0.05) is 24.6 Å². The minimum atomic E-state index is -1.02. The number of aldehydes is 1. The summed E-state index contributed by atoms with van der Waals surface area (Å²) in [7, 11) is 0. The molecule has 4 heteroatoms. The quantitative estimate of drug-likeness (QED) is 0.535. The first kappa shape index (κ1) is 17.8. The predicted octanol–water partition coefficient (Wildman–Crippen LogP) is 2.38. The fraction of sp³-hybridized carbons (Fsp3) is 0.750. The maximum atomic E-state index is 11.7. The van der Waals surface area contributed by atoms with Gasteiger partial charge in [-0.05, 0) is 62.9 Å². The summed E-state index contributed by atoms with van der Waals surface area (Å²) in [5.41, 5.74) is 0.421. The van der Waals surface area contributed by atoms with E-state index in [1.54, 1.807) is 0 Å². The highest BCUT2D eigenvalue weighted by molar-refractivity contribution is 5.75. The Bertz CT molecular complexity index is 576. The average Bonchev–Trinajstić information content (AvgIpc) is 2.60. The Balaban J connectivity index is 2.06. The van der Waals surface area contributed by atoms with Crippen LogP contribution in [0.5, 0.6) is 0 Å². The van der Waals surface area contributed by atoms with E-state index in [0.717, 1.165) is 24.7 Å². The summed E-state index contributed by atoms with van der Waals surface area (Å²) in [4.78, 5) is 11.7. The molecule has 4 nitrogen and oxygen atoms in total. The van der Waals surface area contributed by atoms with E-state index in [2.05, 4.69) is 0 Å². The molecule has 0 radical (unpaired) electrons. The van der Waals surface area contributed by atoms with Crippen molar-refractivity contribution in [2.24, 2.45) is 23.2 Å². The molecule has 2 fully saturated rings. The van der Waals surface area contributed by atoms with Crippen molar-refractivity contribution in [3.8, 4) is 0 Å². The van der Waals surface area contributed by atoms with Crippen LogP contribution in [-0.2, 0) is 4.79 Å². The van der Waals surface area contributed by atoms with Crippen molar-refractivity contribution in [3.05, 3.63) is 23.3 Å². The topological polar surface area (TPSA) is 77.8 Å². The number of rotatable bonds is 2. The van der Waals surface area contributed by atoms with E-state index < -0.39 is 17.8 Å². The molecule has 0 spiro atoms. The Morgan fingerprint density at radius 2 is 1.96 bits per heavy atom. The molecule has 0 saturated heterocycles. The van der Waals surface area contributed by atoms with Crippen LogP contribution in [0, 0.1) is 23.2 Å². The zero-order valence-electron chi connectivity index (χ0n) is 14.9. The Hall–Kier alpha value is -0.970. The van der Waals surface area contributed by atoms with Gasteiger partial charge in [-0.3, -0.25) is 4.79 Å². The normalized spacial score (nSPS) is 47.9. The van der Waals surface area contributed by atoms with Crippen LogP contribution in [0.3, 0.4) is 0 Å². The van der Waals surface area contributed by atoms with Gasteiger partial charge in [-0.2, -0.15) is 0 Å². The summed E-state index contributed by atoms with van der Waals surface area (Å²) in [5.74, 6) is -0.717. The first-order valence-electron chi connectivity index (χ1n) is 9.11. The Morgan fingerprint density at radius 1 is 1.25 bits per heavy atom. The van der Waals surface area contributed by atoms with Crippen molar-refractivity contribution in [2.75, 3.05) is 0 Å². The maximum Gasteiger partial charge on any atom is 0.146 e. The van der Waals surface area contributed by atoms with Crippen LogP contribution in [0.25, 0.3) is 0 Å². The van der Waals surface area contributed by atoms with E-state index in [1.165, 1.54) is 0 Å². The number of aliphatic hydroxyl groups excluding tert-OH is 2. The van der Waals surface area contributed by atoms with Gasteiger partial charge in [0.1, 0.15) is 6.29 Å². The molecule has 24 heavy (non-hydrogen) atoms. The van der Waals surface area contributed by atoms with E-state index >= 15 is 0 Å². The molecule has 0 amide bonds. The monoisotopic (exact) mass is 334 g/mol. The standard InChI is InChI=1S/C20H30O4/c1-12(2)8-13-9-14(10-21)15-4-6-19(3)11-20(24,7-5-16(19)22)17(15)18(13)23/h8-10,13,15-18,22-24H,4-7,11H2,1-3H3/t13-,15-,16-,17+,18+,19+,20-/m1/s1. The maximum absolute atomic E-state index is 11.7. The molecule has 7 atom stereocenters. The van der Waals surface area contributed by atoms with Gasteiger partial charge in [0.25, 0.3) is 0 Å². The van der Waals surface area contributed by atoms with Crippen LogP contribution < -0.4 is 0 Å². The molecule has 0 unspecified atom stereocenters. The third-order valence-corrected chi connectivity index (χ3v) is 6.68. The van der Waals surface area contributed by atoms with Crippen molar-refractivity contribution < 1.29 is 20.1 Å². The molecule has 3 N–H and O–H groups in total.